The summed E-state index contributed by atoms with van der Waals surface area (Å²) in [6, 6.07) is 4.79. The summed E-state index contributed by atoms with van der Waals surface area (Å²) in [6.45, 7) is 3.16. The van der Waals surface area contributed by atoms with E-state index in [0.29, 0.717) is 12.6 Å². The van der Waals surface area contributed by atoms with Crippen LogP contribution in [-0.2, 0) is 11.3 Å². The lowest BCUT2D eigenvalue weighted by molar-refractivity contribution is 0.157. The lowest BCUT2D eigenvalue weighted by atomic mass is 10.2. The Morgan fingerprint density at radius 1 is 1.59 bits per heavy atom. The smallest absolute Gasteiger partial charge is 0.0772 e. The van der Waals surface area contributed by atoms with Crippen molar-refractivity contribution in [3.05, 3.63) is 21.9 Å². The highest BCUT2D eigenvalue weighted by Gasteiger charge is 2.20. The fourth-order valence-corrected chi connectivity index (χ4v) is 2.86. The Hall–Kier alpha value is -0.860. The van der Waals surface area contributed by atoms with E-state index >= 15 is 0 Å². The number of hydrogen-bond donors (Lipinski definition) is 1. The second-order valence-electron chi connectivity index (χ2n) is 4.20. The van der Waals surface area contributed by atoms with Crippen LogP contribution in [0.15, 0.2) is 12.1 Å². The molecule has 4 heteroatoms. The molecule has 1 aromatic rings. The van der Waals surface area contributed by atoms with Gasteiger partial charge in [0.2, 0.25) is 0 Å². The van der Waals surface area contributed by atoms with Crippen LogP contribution >= 0.6 is 11.3 Å². The summed E-state index contributed by atoms with van der Waals surface area (Å²) in [4.78, 5) is 4.81. The van der Waals surface area contributed by atoms with Gasteiger partial charge in [0.15, 0.2) is 0 Å². The molecule has 0 spiro atoms. The molecule has 0 aliphatic carbocycles. The zero-order chi connectivity index (χ0) is 12.1. The van der Waals surface area contributed by atoms with Gasteiger partial charge in [-0.1, -0.05) is 11.8 Å². The molecule has 1 aliphatic rings. The average Bonchev–Trinajstić information content (AvgIpc) is 2.97. The Morgan fingerprint density at radius 2 is 2.47 bits per heavy atom. The fraction of sp³-hybridized carbons (Fsp3) is 0.538. The number of thiophene rings is 1. The first-order valence-electron chi connectivity index (χ1n) is 5.85. The molecule has 1 aliphatic heterocycles. The molecule has 17 heavy (non-hydrogen) atoms. The van der Waals surface area contributed by atoms with E-state index in [-0.39, 0.29) is 0 Å². The molecule has 92 valence electrons. The topological polar surface area (TPSA) is 38.5 Å². The molecule has 2 heterocycles. The molecule has 2 rings (SSSR count). The molecule has 1 unspecified atom stereocenters. The van der Waals surface area contributed by atoms with Crippen LogP contribution in [0.5, 0.6) is 0 Å². The monoisotopic (exact) mass is 250 g/mol. The average molecular weight is 250 g/mol. The first-order valence-corrected chi connectivity index (χ1v) is 6.67. The SMILES string of the molecule is CN(Cc1ccc(C#CCN)s1)C1CCOC1. The minimum Gasteiger partial charge on any atom is -0.380 e. The van der Waals surface area contributed by atoms with Crippen LogP contribution in [0.3, 0.4) is 0 Å². The van der Waals surface area contributed by atoms with Gasteiger partial charge in [-0.15, -0.1) is 11.3 Å². The van der Waals surface area contributed by atoms with Crippen LogP contribution in [0.1, 0.15) is 16.2 Å². The largest absolute Gasteiger partial charge is 0.380 e. The van der Waals surface area contributed by atoms with Gasteiger partial charge in [0.1, 0.15) is 0 Å². The number of nitrogens with zero attached hydrogens (tertiary/aromatic N) is 1. The molecule has 0 bridgehead atoms. The molecular weight excluding hydrogens is 232 g/mol. The van der Waals surface area contributed by atoms with Gasteiger partial charge in [-0.05, 0) is 25.6 Å². The van der Waals surface area contributed by atoms with Gasteiger partial charge in [0, 0.05) is 24.1 Å². The van der Waals surface area contributed by atoms with Gasteiger partial charge in [0.25, 0.3) is 0 Å². The van der Waals surface area contributed by atoms with Crippen molar-refractivity contribution in [3.63, 3.8) is 0 Å². The predicted octanol–water partition coefficient (Wildman–Crippen LogP) is 1.28. The van der Waals surface area contributed by atoms with E-state index in [0.717, 1.165) is 31.1 Å². The van der Waals surface area contributed by atoms with Crippen LogP contribution in [-0.4, -0.2) is 37.7 Å². The molecular formula is C13H18N2OS. The molecule has 1 fully saturated rings. The van der Waals surface area contributed by atoms with Gasteiger partial charge < -0.3 is 10.5 Å². The number of rotatable bonds is 3. The van der Waals surface area contributed by atoms with E-state index in [2.05, 4.69) is 35.9 Å². The minimum absolute atomic E-state index is 0.423. The van der Waals surface area contributed by atoms with Crippen molar-refractivity contribution in [2.24, 2.45) is 5.73 Å². The third kappa shape index (κ3) is 3.55. The summed E-state index contributed by atoms with van der Waals surface area (Å²) < 4.78 is 5.40. The minimum atomic E-state index is 0.423. The normalized spacial score (nSPS) is 19.4. The van der Waals surface area contributed by atoms with E-state index in [9.17, 15) is 0 Å². The van der Waals surface area contributed by atoms with Crippen molar-refractivity contribution >= 4 is 11.3 Å². The number of ether oxygens (including phenoxy) is 1. The molecule has 2 N–H and O–H groups in total. The Balaban J connectivity index is 1.91. The van der Waals surface area contributed by atoms with Gasteiger partial charge in [0.05, 0.1) is 18.0 Å². The highest BCUT2D eigenvalue weighted by molar-refractivity contribution is 7.12. The Kier molecular flexibility index (Phi) is 4.57. The second-order valence-corrected chi connectivity index (χ2v) is 5.37. The highest BCUT2D eigenvalue weighted by Crippen LogP contribution is 2.19. The summed E-state index contributed by atoms with van der Waals surface area (Å²) in [6.07, 6.45) is 1.14. The van der Waals surface area contributed by atoms with Crippen molar-refractivity contribution in [2.45, 2.75) is 19.0 Å². The second kappa shape index (κ2) is 6.18. The predicted molar refractivity (Wildman–Crippen MR) is 70.9 cm³/mol. The Labute approximate surface area is 107 Å². The van der Waals surface area contributed by atoms with Crippen molar-refractivity contribution in [1.82, 2.24) is 4.90 Å². The maximum absolute atomic E-state index is 5.40. The molecule has 0 aromatic carbocycles. The van der Waals surface area contributed by atoms with Crippen LogP contribution in [0.25, 0.3) is 0 Å². The Morgan fingerprint density at radius 3 is 3.18 bits per heavy atom. The summed E-state index contributed by atoms with van der Waals surface area (Å²) in [5.41, 5.74) is 5.36. The lowest BCUT2D eigenvalue weighted by Crippen LogP contribution is -2.30. The maximum Gasteiger partial charge on any atom is 0.0772 e. The molecule has 0 radical (unpaired) electrons. The Bertz CT molecular complexity index is 413. The van der Waals surface area contributed by atoms with Crippen molar-refractivity contribution in [1.29, 1.82) is 0 Å². The van der Waals surface area contributed by atoms with E-state index in [4.69, 9.17) is 10.5 Å². The molecule has 0 amide bonds. The van der Waals surface area contributed by atoms with Crippen molar-refractivity contribution in [3.8, 4) is 11.8 Å². The van der Waals surface area contributed by atoms with Crippen LogP contribution in [0.2, 0.25) is 0 Å². The number of nitrogens with two attached hydrogens (primary N) is 1. The van der Waals surface area contributed by atoms with Gasteiger partial charge in [-0.3, -0.25) is 4.90 Å². The van der Waals surface area contributed by atoms with E-state index in [1.54, 1.807) is 11.3 Å². The molecule has 1 aromatic heterocycles. The first kappa shape index (κ1) is 12.6. The van der Waals surface area contributed by atoms with Crippen LogP contribution in [0.4, 0.5) is 0 Å². The third-order valence-electron chi connectivity index (χ3n) is 2.91. The standard InChI is InChI=1S/C13H18N2OS/c1-15(11-6-8-16-10-11)9-13-5-4-12(17-13)3-2-7-14/h4-5,11H,6-10,14H2,1H3. The summed E-state index contributed by atoms with van der Waals surface area (Å²) in [5.74, 6) is 5.95. The molecule has 1 atom stereocenters. The molecule has 3 nitrogen and oxygen atoms in total. The lowest BCUT2D eigenvalue weighted by Gasteiger charge is -2.21. The quantitative estimate of drug-likeness (QED) is 0.821. The highest BCUT2D eigenvalue weighted by atomic mass is 32.1. The first-order chi connectivity index (χ1) is 8.29. The van der Waals surface area contributed by atoms with Crippen molar-refractivity contribution in [2.75, 3.05) is 26.8 Å². The van der Waals surface area contributed by atoms with Crippen LogP contribution in [0, 0.1) is 11.8 Å². The van der Waals surface area contributed by atoms with E-state index < -0.39 is 0 Å². The van der Waals surface area contributed by atoms with E-state index in [1.165, 1.54) is 4.88 Å². The molecule has 0 saturated carbocycles. The van der Waals surface area contributed by atoms with Crippen LogP contribution < -0.4 is 5.73 Å². The summed E-state index contributed by atoms with van der Waals surface area (Å²) in [7, 11) is 2.16. The van der Waals surface area contributed by atoms with Gasteiger partial charge in [-0.25, -0.2) is 0 Å². The zero-order valence-corrected chi connectivity index (χ0v) is 10.9. The van der Waals surface area contributed by atoms with Gasteiger partial charge in [-0.2, -0.15) is 0 Å². The number of likely N-dealkylation sites (N-methyl/N-ethyl adjacent to an activating group) is 1. The van der Waals surface area contributed by atoms with Crippen molar-refractivity contribution < 1.29 is 4.74 Å². The third-order valence-corrected chi connectivity index (χ3v) is 3.89. The summed E-state index contributed by atoms with van der Waals surface area (Å²) in [5, 5.41) is 0. The van der Waals surface area contributed by atoms with Gasteiger partial charge >= 0.3 is 0 Å². The maximum atomic E-state index is 5.40. The fourth-order valence-electron chi connectivity index (χ4n) is 1.91. The number of hydrogen-bond acceptors (Lipinski definition) is 4. The summed E-state index contributed by atoms with van der Waals surface area (Å²) >= 11 is 1.75. The zero-order valence-electron chi connectivity index (χ0n) is 10.1. The molecule has 1 saturated heterocycles. The van der Waals surface area contributed by atoms with E-state index in [1.807, 2.05) is 0 Å².